The minimum atomic E-state index is -0.837. The number of methoxy groups -OCH3 is 1. The molecule has 1 N–H and O–H groups in total. The fourth-order valence-corrected chi connectivity index (χ4v) is 1.57. The predicted octanol–water partition coefficient (Wildman–Crippen LogP) is 3.35. The summed E-state index contributed by atoms with van der Waals surface area (Å²) in [5, 5.41) is 9.23. The SMILES string of the molecule is COc1ccc(-c2cccc(O)c2F)c(F)c1. The molecule has 0 bridgehead atoms. The Morgan fingerprint density at radius 2 is 1.82 bits per heavy atom. The fourth-order valence-electron chi connectivity index (χ4n) is 1.57. The Balaban J connectivity index is 2.57. The monoisotopic (exact) mass is 236 g/mol. The van der Waals surface area contributed by atoms with E-state index in [0.717, 1.165) is 0 Å². The first-order chi connectivity index (χ1) is 8.13. The average Bonchev–Trinajstić information content (AvgIpc) is 2.33. The van der Waals surface area contributed by atoms with Gasteiger partial charge in [0.05, 0.1) is 7.11 Å². The summed E-state index contributed by atoms with van der Waals surface area (Å²) in [7, 11) is 1.42. The van der Waals surface area contributed by atoms with Crippen LogP contribution in [0, 0.1) is 11.6 Å². The molecule has 4 heteroatoms. The summed E-state index contributed by atoms with van der Waals surface area (Å²) in [6.45, 7) is 0. The van der Waals surface area contributed by atoms with Crippen LogP contribution in [0.15, 0.2) is 36.4 Å². The maximum atomic E-state index is 13.7. The molecule has 0 amide bonds. The molecule has 0 atom stereocenters. The van der Waals surface area contributed by atoms with E-state index < -0.39 is 17.4 Å². The molecule has 88 valence electrons. The highest BCUT2D eigenvalue weighted by Gasteiger charge is 2.13. The highest BCUT2D eigenvalue weighted by molar-refractivity contribution is 5.67. The number of ether oxygens (including phenoxy) is 1. The molecule has 0 heterocycles. The van der Waals surface area contributed by atoms with Crippen molar-refractivity contribution < 1.29 is 18.6 Å². The van der Waals surface area contributed by atoms with Crippen LogP contribution in [0.3, 0.4) is 0 Å². The number of rotatable bonds is 2. The Bertz CT molecular complexity index is 553. The highest BCUT2D eigenvalue weighted by atomic mass is 19.1. The fraction of sp³-hybridized carbons (Fsp3) is 0.0769. The van der Waals surface area contributed by atoms with Gasteiger partial charge in [-0.25, -0.2) is 8.78 Å². The Hall–Kier alpha value is -2.10. The molecule has 0 saturated heterocycles. The minimum absolute atomic E-state index is 0.0187. The van der Waals surface area contributed by atoms with Gasteiger partial charge in [0.25, 0.3) is 0 Å². The molecule has 0 radical (unpaired) electrons. The van der Waals surface area contributed by atoms with E-state index in [4.69, 9.17) is 4.74 Å². The Kier molecular flexibility index (Phi) is 2.95. The Morgan fingerprint density at radius 3 is 2.47 bits per heavy atom. The summed E-state index contributed by atoms with van der Waals surface area (Å²) in [5.41, 5.74) is 0.101. The lowest BCUT2D eigenvalue weighted by Gasteiger charge is -2.07. The van der Waals surface area contributed by atoms with E-state index in [-0.39, 0.29) is 11.1 Å². The summed E-state index contributed by atoms with van der Waals surface area (Å²) >= 11 is 0. The summed E-state index contributed by atoms with van der Waals surface area (Å²) < 4.78 is 32.2. The number of hydrogen-bond donors (Lipinski definition) is 1. The molecule has 2 aromatic rings. The standard InChI is InChI=1S/C13H10F2O2/c1-17-8-5-6-9(11(14)7-8)10-3-2-4-12(16)13(10)15/h2-7,16H,1H3. The van der Waals surface area contributed by atoms with Crippen molar-refractivity contribution in [2.75, 3.05) is 7.11 Å². The molecule has 0 unspecified atom stereocenters. The van der Waals surface area contributed by atoms with Crippen molar-refractivity contribution in [1.82, 2.24) is 0 Å². The summed E-state index contributed by atoms with van der Waals surface area (Å²) in [4.78, 5) is 0. The van der Waals surface area contributed by atoms with Crippen LogP contribution in [0.1, 0.15) is 0 Å². The molecule has 0 spiro atoms. The molecule has 0 fully saturated rings. The van der Waals surface area contributed by atoms with E-state index in [1.807, 2.05) is 0 Å². The van der Waals surface area contributed by atoms with Crippen molar-refractivity contribution in [3.63, 3.8) is 0 Å². The second-order valence-electron chi connectivity index (χ2n) is 3.48. The van der Waals surface area contributed by atoms with Crippen LogP contribution in [0.4, 0.5) is 8.78 Å². The van der Waals surface area contributed by atoms with E-state index >= 15 is 0 Å². The average molecular weight is 236 g/mol. The molecule has 0 aromatic heterocycles. The van der Waals surface area contributed by atoms with Crippen LogP contribution in [0.25, 0.3) is 11.1 Å². The topological polar surface area (TPSA) is 29.5 Å². The van der Waals surface area contributed by atoms with Gasteiger partial charge in [-0.2, -0.15) is 0 Å². The first-order valence-corrected chi connectivity index (χ1v) is 4.95. The van der Waals surface area contributed by atoms with Gasteiger partial charge >= 0.3 is 0 Å². The highest BCUT2D eigenvalue weighted by Crippen LogP contribution is 2.31. The van der Waals surface area contributed by atoms with E-state index in [1.165, 1.54) is 43.5 Å². The van der Waals surface area contributed by atoms with Crippen LogP contribution in [0.5, 0.6) is 11.5 Å². The van der Waals surface area contributed by atoms with Gasteiger partial charge < -0.3 is 9.84 Å². The molecular formula is C13H10F2O2. The number of hydrogen-bond acceptors (Lipinski definition) is 2. The van der Waals surface area contributed by atoms with Gasteiger partial charge in [0.2, 0.25) is 0 Å². The largest absolute Gasteiger partial charge is 0.505 e. The van der Waals surface area contributed by atoms with Crippen LogP contribution >= 0.6 is 0 Å². The maximum absolute atomic E-state index is 13.7. The molecule has 0 aliphatic rings. The summed E-state index contributed by atoms with van der Waals surface area (Å²) in [5.74, 6) is -1.59. The van der Waals surface area contributed by atoms with E-state index in [0.29, 0.717) is 5.75 Å². The lowest BCUT2D eigenvalue weighted by Crippen LogP contribution is -1.91. The van der Waals surface area contributed by atoms with E-state index in [2.05, 4.69) is 0 Å². The van der Waals surface area contributed by atoms with Gasteiger partial charge in [-0.3, -0.25) is 0 Å². The molecular weight excluding hydrogens is 226 g/mol. The zero-order valence-electron chi connectivity index (χ0n) is 9.08. The van der Waals surface area contributed by atoms with Crippen molar-refractivity contribution >= 4 is 0 Å². The summed E-state index contributed by atoms with van der Waals surface area (Å²) in [6.07, 6.45) is 0. The van der Waals surface area contributed by atoms with Gasteiger partial charge in [-0.1, -0.05) is 12.1 Å². The molecule has 2 rings (SSSR count). The molecule has 0 aliphatic carbocycles. The third-order valence-electron chi connectivity index (χ3n) is 2.44. The smallest absolute Gasteiger partial charge is 0.172 e. The van der Waals surface area contributed by atoms with Gasteiger partial charge in [0.15, 0.2) is 11.6 Å². The molecule has 2 nitrogen and oxygen atoms in total. The first kappa shape index (κ1) is 11.4. The van der Waals surface area contributed by atoms with Crippen LogP contribution in [-0.2, 0) is 0 Å². The van der Waals surface area contributed by atoms with Crippen LogP contribution < -0.4 is 4.74 Å². The Labute approximate surface area is 97.1 Å². The molecule has 2 aromatic carbocycles. The van der Waals surface area contributed by atoms with Gasteiger partial charge in [0, 0.05) is 17.2 Å². The molecule has 0 saturated carbocycles. The van der Waals surface area contributed by atoms with Crippen LogP contribution in [0.2, 0.25) is 0 Å². The molecule has 0 aliphatic heterocycles. The van der Waals surface area contributed by atoms with Crippen molar-refractivity contribution in [2.24, 2.45) is 0 Å². The van der Waals surface area contributed by atoms with Crippen LogP contribution in [-0.4, -0.2) is 12.2 Å². The zero-order chi connectivity index (χ0) is 12.4. The number of aromatic hydroxyl groups is 1. The number of halogens is 2. The molecule has 17 heavy (non-hydrogen) atoms. The van der Waals surface area contributed by atoms with E-state index in [9.17, 15) is 13.9 Å². The number of benzene rings is 2. The maximum Gasteiger partial charge on any atom is 0.172 e. The van der Waals surface area contributed by atoms with Crippen molar-refractivity contribution in [1.29, 1.82) is 0 Å². The normalized spacial score (nSPS) is 10.3. The second kappa shape index (κ2) is 4.41. The third-order valence-corrected chi connectivity index (χ3v) is 2.44. The van der Waals surface area contributed by atoms with Gasteiger partial charge in [-0.15, -0.1) is 0 Å². The predicted molar refractivity (Wildman–Crippen MR) is 60.0 cm³/mol. The number of phenolic OH excluding ortho intramolecular Hbond substituents is 1. The summed E-state index contributed by atoms with van der Waals surface area (Å²) in [6, 6.07) is 8.17. The minimum Gasteiger partial charge on any atom is -0.505 e. The quantitative estimate of drug-likeness (QED) is 0.866. The second-order valence-corrected chi connectivity index (χ2v) is 3.48. The van der Waals surface area contributed by atoms with Crippen molar-refractivity contribution in [3.05, 3.63) is 48.0 Å². The van der Waals surface area contributed by atoms with E-state index in [1.54, 1.807) is 0 Å². The third kappa shape index (κ3) is 2.06. The number of phenols is 1. The lowest BCUT2D eigenvalue weighted by atomic mass is 10.0. The first-order valence-electron chi connectivity index (χ1n) is 4.95. The zero-order valence-corrected chi connectivity index (χ0v) is 9.08. The van der Waals surface area contributed by atoms with Crippen molar-refractivity contribution in [3.8, 4) is 22.6 Å². The lowest BCUT2D eigenvalue weighted by molar-refractivity contribution is 0.411. The van der Waals surface area contributed by atoms with Gasteiger partial charge in [0.1, 0.15) is 11.6 Å². The van der Waals surface area contributed by atoms with Crippen molar-refractivity contribution in [2.45, 2.75) is 0 Å². The van der Waals surface area contributed by atoms with Gasteiger partial charge in [-0.05, 0) is 18.2 Å². The Morgan fingerprint density at radius 1 is 1.06 bits per heavy atom.